The minimum Gasteiger partial charge on any atom is -0.465 e. The zero-order valence-electron chi connectivity index (χ0n) is 17.5. The van der Waals surface area contributed by atoms with Crippen molar-refractivity contribution < 1.29 is 19.5 Å². The second-order valence-corrected chi connectivity index (χ2v) is 10.5. The number of carbonyl (C=O) groups excluding carboxylic acids is 1. The molecule has 2 aliphatic rings. The van der Waals surface area contributed by atoms with E-state index in [1.807, 2.05) is 44.4 Å². The average Bonchev–Trinajstić information content (AvgIpc) is 3.41. The van der Waals surface area contributed by atoms with Crippen molar-refractivity contribution >= 4 is 40.5 Å². The van der Waals surface area contributed by atoms with Crippen LogP contribution in [-0.2, 0) is 10.4 Å². The molecule has 4 rings (SSSR count). The molecule has 2 fully saturated rings. The number of carbonyl (C=O) groups is 2. The summed E-state index contributed by atoms with van der Waals surface area (Å²) in [4.78, 5) is 33.7. The molecule has 1 aromatic heterocycles. The van der Waals surface area contributed by atoms with Crippen LogP contribution in [0.3, 0.4) is 0 Å². The van der Waals surface area contributed by atoms with E-state index in [2.05, 4.69) is 10.8 Å². The van der Waals surface area contributed by atoms with E-state index < -0.39 is 23.2 Å². The molecule has 3 unspecified atom stereocenters. The van der Waals surface area contributed by atoms with Gasteiger partial charge in [-0.2, -0.15) is 5.48 Å². The van der Waals surface area contributed by atoms with Crippen molar-refractivity contribution in [2.45, 2.75) is 32.4 Å². The summed E-state index contributed by atoms with van der Waals surface area (Å²) in [6.45, 7) is 6.35. The van der Waals surface area contributed by atoms with Crippen LogP contribution >= 0.6 is 23.6 Å². The van der Waals surface area contributed by atoms with Crippen molar-refractivity contribution in [1.82, 2.24) is 15.7 Å². The lowest BCUT2D eigenvalue weighted by Crippen LogP contribution is -2.60. The Balaban J connectivity index is 1.83. The molecule has 0 saturated carbocycles. The number of hydrogen-bond acceptors (Lipinski definition) is 6. The number of rotatable bonds is 3. The monoisotopic (exact) mass is 459 g/mol. The molecular formula is C22H25N3O4S2. The number of nitrogens with zero attached hydrogens (tertiary/aromatic N) is 1. The number of thiocarbonyl (C=S) groups is 1. The third-order valence-electron chi connectivity index (χ3n) is 6.10. The van der Waals surface area contributed by atoms with Gasteiger partial charge in [0, 0.05) is 17.0 Å². The first kappa shape index (κ1) is 21.9. The van der Waals surface area contributed by atoms with Crippen molar-refractivity contribution in [2.24, 2.45) is 10.8 Å². The van der Waals surface area contributed by atoms with Crippen LogP contribution in [0.25, 0.3) is 0 Å². The van der Waals surface area contributed by atoms with Gasteiger partial charge in [-0.3, -0.25) is 9.63 Å². The molecular weight excluding hydrogens is 434 g/mol. The molecule has 0 bridgehead atoms. The van der Waals surface area contributed by atoms with Crippen LogP contribution in [0, 0.1) is 10.8 Å². The zero-order valence-corrected chi connectivity index (χ0v) is 19.2. The highest BCUT2D eigenvalue weighted by atomic mass is 32.1. The van der Waals surface area contributed by atoms with E-state index in [9.17, 15) is 14.7 Å². The van der Waals surface area contributed by atoms with E-state index >= 15 is 0 Å². The van der Waals surface area contributed by atoms with E-state index in [1.165, 1.54) is 16.2 Å². The molecule has 2 aliphatic heterocycles. The van der Waals surface area contributed by atoms with Gasteiger partial charge in [0.2, 0.25) is 0 Å². The number of amides is 2. The maximum absolute atomic E-state index is 13.0. The van der Waals surface area contributed by atoms with Gasteiger partial charge in [0.05, 0.1) is 23.1 Å². The van der Waals surface area contributed by atoms with Gasteiger partial charge in [-0.25, -0.2) is 4.79 Å². The van der Waals surface area contributed by atoms with Crippen LogP contribution in [0.4, 0.5) is 4.79 Å². The Morgan fingerprint density at radius 1 is 1.23 bits per heavy atom. The van der Waals surface area contributed by atoms with E-state index in [1.54, 1.807) is 24.3 Å². The van der Waals surface area contributed by atoms with Crippen LogP contribution in [0.15, 0.2) is 47.8 Å². The fraction of sp³-hybridized carbons (Fsp3) is 0.409. The van der Waals surface area contributed by atoms with Gasteiger partial charge in [-0.1, -0.05) is 57.3 Å². The van der Waals surface area contributed by atoms with E-state index in [0.717, 1.165) is 4.88 Å². The second kappa shape index (κ2) is 7.67. The predicted molar refractivity (Wildman–Crippen MR) is 122 cm³/mol. The fourth-order valence-corrected chi connectivity index (χ4v) is 6.18. The molecule has 3 heterocycles. The number of nitrogens with one attached hydrogen (secondary N) is 2. The minimum atomic E-state index is -1.03. The van der Waals surface area contributed by atoms with Gasteiger partial charge in [-0.05, 0) is 29.0 Å². The molecule has 0 spiro atoms. The van der Waals surface area contributed by atoms with Crippen molar-refractivity contribution in [2.75, 3.05) is 13.1 Å². The number of thiophene rings is 1. The number of fused-ring (bicyclic) bond motifs is 1. The lowest BCUT2D eigenvalue weighted by Gasteiger charge is -2.43. The highest BCUT2D eigenvalue weighted by Crippen LogP contribution is 2.58. The van der Waals surface area contributed by atoms with Gasteiger partial charge < -0.3 is 15.3 Å². The minimum absolute atomic E-state index is 0.114. The van der Waals surface area contributed by atoms with Gasteiger partial charge in [0.25, 0.3) is 5.91 Å². The summed E-state index contributed by atoms with van der Waals surface area (Å²) < 4.78 is 0. The molecule has 3 N–H and O–H groups in total. The Bertz CT molecular complexity index is 1010. The topological polar surface area (TPSA) is 90.9 Å². The fourth-order valence-electron chi connectivity index (χ4n) is 4.79. The number of likely N-dealkylation sites (tertiary alicyclic amines) is 1. The Morgan fingerprint density at radius 3 is 2.52 bits per heavy atom. The molecule has 31 heavy (non-hydrogen) atoms. The maximum Gasteiger partial charge on any atom is 0.407 e. The molecule has 3 atom stereocenters. The lowest BCUT2D eigenvalue weighted by atomic mass is 9.62. The number of hydrogen-bond donors (Lipinski definition) is 3. The van der Waals surface area contributed by atoms with Gasteiger partial charge in [0.1, 0.15) is 5.54 Å². The molecule has 7 nitrogen and oxygen atoms in total. The van der Waals surface area contributed by atoms with Gasteiger partial charge in [-0.15, -0.1) is 11.3 Å². The smallest absolute Gasteiger partial charge is 0.407 e. The first-order valence-corrected chi connectivity index (χ1v) is 11.3. The summed E-state index contributed by atoms with van der Waals surface area (Å²) in [5, 5.41) is 14.7. The molecule has 2 saturated heterocycles. The van der Waals surface area contributed by atoms with Crippen LogP contribution in [0.2, 0.25) is 0 Å². The summed E-state index contributed by atoms with van der Waals surface area (Å²) in [5.41, 5.74) is 1.39. The molecule has 1 aromatic carbocycles. The van der Waals surface area contributed by atoms with E-state index in [4.69, 9.17) is 17.1 Å². The van der Waals surface area contributed by atoms with Crippen LogP contribution in [-0.4, -0.2) is 46.2 Å². The molecule has 9 heteroatoms. The summed E-state index contributed by atoms with van der Waals surface area (Å²) in [6.07, 6.45) is -1.51. The summed E-state index contributed by atoms with van der Waals surface area (Å²) in [6, 6.07) is 12.7. The predicted octanol–water partition coefficient (Wildman–Crippen LogP) is 3.63. The van der Waals surface area contributed by atoms with Crippen LogP contribution in [0.1, 0.15) is 36.0 Å². The zero-order chi connectivity index (χ0) is 22.4. The molecule has 0 aliphatic carbocycles. The quantitative estimate of drug-likeness (QED) is 0.608. The largest absolute Gasteiger partial charge is 0.465 e. The average molecular weight is 460 g/mol. The van der Waals surface area contributed by atoms with E-state index in [0.29, 0.717) is 5.56 Å². The number of carboxylic acid groups (broad SMARTS) is 1. The molecule has 2 amide bonds. The Morgan fingerprint density at radius 2 is 1.94 bits per heavy atom. The highest BCUT2D eigenvalue weighted by molar-refractivity contribution is 7.80. The van der Waals surface area contributed by atoms with Crippen molar-refractivity contribution in [1.29, 1.82) is 0 Å². The lowest BCUT2D eigenvalue weighted by molar-refractivity contribution is -0.0600. The third kappa shape index (κ3) is 3.36. The number of benzene rings is 1. The summed E-state index contributed by atoms with van der Waals surface area (Å²) in [7, 11) is 0. The molecule has 0 radical (unpaired) electrons. The standard InChI is InChI=1S/C22H25N3O4S2/c1-20(2,3)17-21(18(30)23-16(26)14-8-5-4-6-9-14)12-25(19(27)28)13-22(21,24-29-17)15-10-7-11-31-15/h4-11,17,24H,12-13H2,1-3H3,(H,27,28)(H,23,26,30). The van der Waals surface area contributed by atoms with Crippen molar-refractivity contribution in [3.05, 3.63) is 58.3 Å². The third-order valence-corrected chi connectivity index (χ3v) is 7.59. The van der Waals surface area contributed by atoms with Crippen molar-refractivity contribution in [3.63, 3.8) is 0 Å². The molecule has 2 aromatic rings. The first-order valence-electron chi connectivity index (χ1n) is 9.97. The van der Waals surface area contributed by atoms with Crippen molar-refractivity contribution in [3.8, 4) is 0 Å². The van der Waals surface area contributed by atoms with Gasteiger partial charge >= 0.3 is 6.09 Å². The Hall–Kier alpha value is -2.33. The SMILES string of the molecule is CC(C)(C)C1ONC2(c3cccs3)CN(C(=O)O)CC12C(=S)NC(=O)c1ccccc1. The summed E-state index contributed by atoms with van der Waals surface area (Å²) >= 11 is 7.39. The normalized spacial score (nSPS) is 27.7. The first-order chi connectivity index (χ1) is 14.6. The van der Waals surface area contributed by atoms with Crippen LogP contribution in [0.5, 0.6) is 0 Å². The number of hydroxylamine groups is 1. The Kier molecular flexibility index (Phi) is 5.41. The summed E-state index contributed by atoms with van der Waals surface area (Å²) in [5.74, 6) is -0.326. The highest BCUT2D eigenvalue weighted by Gasteiger charge is 2.72. The maximum atomic E-state index is 13.0. The van der Waals surface area contributed by atoms with E-state index in [-0.39, 0.29) is 29.4 Å². The van der Waals surface area contributed by atoms with Gasteiger partial charge in [0.15, 0.2) is 0 Å². The molecule has 164 valence electrons. The second-order valence-electron chi connectivity index (χ2n) is 9.11. The Labute approximate surface area is 190 Å². The van der Waals surface area contributed by atoms with Crippen LogP contribution < -0.4 is 10.8 Å².